The van der Waals surface area contributed by atoms with Gasteiger partial charge in [-0.1, -0.05) is 53.0 Å². The summed E-state index contributed by atoms with van der Waals surface area (Å²) >= 11 is 19.8. The minimum absolute atomic E-state index is 0.0443. The van der Waals surface area contributed by atoms with Crippen molar-refractivity contribution in [2.24, 2.45) is 5.92 Å². The van der Waals surface area contributed by atoms with E-state index in [4.69, 9.17) is 34.8 Å². The second-order valence-corrected chi connectivity index (χ2v) is 12.9. The van der Waals surface area contributed by atoms with Gasteiger partial charge in [0.05, 0.1) is 21.4 Å². The second kappa shape index (κ2) is 11.0. The van der Waals surface area contributed by atoms with Crippen molar-refractivity contribution in [1.82, 2.24) is 4.90 Å². The first kappa shape index (κ1) is 27.7. The first-order chi connectivity index (χ1) is 18.0. The van der Waals surface area contributed by atoms with Crippen molar-refractivity contribution in [1.29, 1.82) is 0 Å². The molecule has 1 aliphatic carbocycles. The number of rotatable bonds is 4. The van der Waals surface area contributed by atoms with Crippen molar-refractivity contribution in [3.8, 4) is 0 Å². The number of halogens is 4. The fraction of sp³-hybridized carbons (Fsp3) is 0.452. The van der Waals surface area contributed by atoms with Gasteiger partial charge in [0.15, 0.2) is 0 Å². The molecule has 1 saturated heterocycles. The number of piperidine rings is 1. The Kier molecular flexibility index (Phi) is 7.99. The van der Waals surface area contributed by atoms with Crippen molar-refractivity contribution in [2.75, 3.05) is 18.0 Å². The number of nitrogens with zero attached hydrogens (tertiary/aromatic N) is 2. The maximum Gasteiger partial charge on any atom is 0.231 e. The molecule has 2 aliphatic heterocycles. The minimum Gasteiger partial charge on any atom is -0.298 e. The highest BCUT2D eigenvalue weighted by Crippen LogP contribution is 2.46. The second-order valence-electron chi connectivity index (χ2n) is 11.6. The van der Waals surface area contributed by atoms with Gasteiger partial charge in [0.2, 0.25) is 5.91 Å². The summed E-state index contributed by atoms with van der Waals surface area (Å²) in [6, 6.07) is 9.62. The molecule has 2 aromatic carbocycles. The lowest BCUT2D eigenvalue weighted by molar-refractivity contribution is -0.118. The van der Waals surface area contributed by atoms with Crippen molar-refractivity contribution < 1.29 is 9.18 Å². The Morgan fingerprint density at radius 2 is 1.71 bits per heavy atom. The SMILES string of the molecule is CC(C)(C)N1CCC(Cc2cc(C3=CCC(F)C=C3Cl)c3c(c2)N(c2c(Cl)cccc2Cl)C(=O)CC3)CC1. The van der Waals surface area contributed by atoms with E-state index in [0.29, 0.717) is 39.5 Å². The lowest BCUT2D eigenvalue weighted by Crippen LogP contribution is -2.46. The predicted octanol–water partition coefficient (Wildman–Crippen LogP) is 8.91. The van der Waals surface area contributed by atoms with Crippen molar-refractivity contribution in [3.05, 3.63) is 74.3 Å². The Morgan fingerprint density at radius 1 is 1.03 bits per heavy atom. The van der Waals surface area contributed by atoms with E-state index in [9.17, 15) is 9.18 Å². The summed E-state index contributed by atoms with van der Waals surface area (Å²) in [6.07, 6.45) is 6.61. The number of amides is 1. The fourth-order valence-electron chi connectivity index (χ4n) is 5.99. The van der Waals surface area contributed by atoms with E-state index in [1.54, 1.807) is 23.1 Å². The van der Waals surface area contributed by atoms with Gasteiger partial charge in [0, 0.05) is 23.4 Å². The molecule has 3 aliphatic rings. The van der Waals surface area contributed by atoms with E-state index >= 15 is 0 Å². The van der Waals surface area contributed by atoms with Gasteiger partial charge in [-0.05, 0) is 112 Å². The zero-order valence-corrected chi connectivity index (χ0v) is 24.4. The van der Waals surface area contributed by atoms with Gasteiger partial charge < -0.3 is 0 Å². The molecule has 1 amide bonds. The smallest absolute Gasteiger partial charge is 0.231 e. The van der Waals surface area contributed by atoms with Crippen molar-refractivity contribution >= 4 is 57.7 Å². The van der Waals surface area contributed by atoms with Gasteiger partial charge in [-0.3, -0.25) is 14.6 Å². The van der Waals surface area contributed by atoms with Gasteiger partial charge in [0.1, 0.15) is 6.17 Å². The zero-order chi connectivity index (χ0) is 27.2. The Morgan fingerprint density at radius 3 is 2.34 bits per heavy atom. The van der Waals surface area contributed by atoms with E-state index in [2.05, 4.69) is 37.8 Å². The average molecular weight is 576 g/mol. The van der Waals surface area contributed by atoms with Crippen LogP contribution in [0.15, 0.2) is 47.5 Å². The van der Waals surface area contributed by atoms with Crippen LogP contribution in [0.4, 0.5) is 15.8 Å². The van der Waals surface area contributed by atoms with Crippen LogP contribution in [0.1, 0.15) is 63.1 Å². The van der Waals surface area contributed by atoms with Crippen LogP contribution in [-0.2, 0) is 17.6 Å². The number of para-hydroxylation sites is 1. The lowest BCUT2D eigenvalue weighted by atomic mass is 9.83. The number of hydrogen-bond donors (Lipinski definition) is 0. The summed E-state index contributed by atoms with van der Waals surface area (Å²) < 4.78 is 14.1. The number of alkyl halides is 1. The zero-order valence-electron chi connectivity index (χ0n) is 22.2. The van der Waals surface area contributed by atoms with Crippen LogP contribution in [0.3, 0.4) is 0 Å². The van der Waals surface area contributed by atoms with Gasteiger partial charge in [-0.25, -0.2) is 4.39 Å². The Hall–Kier alpha value is -1.85. The summed E-state index contributed by atoms with van der Waals surface area (Å²) in [5.74, 6) is 0.495. The maximum absolute atomic E-state index is 14.1. The highest BCUT2D eigenvalue weighted by Gasteiger charge is 2.33. The summed E-state index contributed by atoms with van der Waals surface area (Å²) in [5.41, 5.74) is 5.43. The number of hydrogen-bond acceptors (Lipinski definition) is 2. The largest absolute Gasteiger partial charge is 0.298 e. The number of likely N-dealkylation sites (tertiary alicyclic amines) is 1. The standard InChI is InChI=1S/C31H34Cl3FN2O/c1-31(2,3)36-13-11-19(12-14-36)15-20-16-24(22-8-7-21(35)18-27(22)34)23-9-10-29(38)37(28(23)17-20)30-25(32)5-4-6-26(30)33/h4-6,8,16-19,21H,7,9-15H2,1-3H3. The van der Waals surface area contributed by atoms with E-state index in [1.807, 2.05) is 6.08 Å². The first-order valence-electron chi connectivity index (χ1n) is 13.4. The Balaban J connectivity index is 1.58. The molecule has 0 radical (unpaired) electrons. The molecule has 7 heteroatoms. The summed E-state index contributed by atoms with van der Waals surface area (Å²) in [5, 5.41) is 1.27. The van der Waals surface area contributed by atoms with Crippen LogP contribution in [0, 0.1) is 5.92 Å². The molecule has 38 heavy (non-hydrogen) atoms. The Bertz CT molecular complexity index is 1280. The fourth-order valence-corrected chi connectivity index (χ4v) is 6.87. The third kappa shape index (κ3) is 5.56. The Labute approximate surface area is 240 Å². The van der Waals surface area contributed by atoms with E-state index in [0.717, 1.165) is 60.3 Å². The summed E-state index contributed by atoms with van der Waals surface area (Å²) in [4.78, 5) is 17.6. The summed E-state index contributed by atoms with van der Waals surface area (Å²) in [7, 11) is 0. The van der Waals surface area contributed by atoms with Crippen LogP contribution < -0.4 is 4.90 Å². The van der Waals surface area contributed by atoms with E-state index < -0.39 is 6.17 Å². The molecule has 202 valence electrons. The van der Waals surface area contributed by atoms with E-state index in [1.165, 1.54) is 6.08 Å². The van der Waals surface area contributed by atoms with Crippen LogP contribution in [0.5, 0.6) is 0 Å². The molecule has 0 bridgehead atoms. The van der Waals surface area contributed by atoms with Gasteiger partial charge in [0.25, 0.3) is 0 Å². The third-order valence-electron chi connectivity index (χ3n) is 8.04. The van der Waals surface area contributed by atoms with Gasteiger partial charge in [-0.2, -0.15) is 0 Å². The molecule has 2 aromatic rings. The lowest BCUT2D eigenvalue weighted by Gasteiger charge is -2.41. The van der Waals surface area contributed by atoms with Crippen molar-refractivity contribution in [2.45, 2.75) is 71.0 Å². The van der Waals surface area contributed by atoms with Crippen LogP contribution in [0.2, 0.25) is 10.0 Å². The quantitative estimate of drug-likeness (QED) is 0.363. The highest BCUT2D eigenvalue weighted by atomic mass is 35.5. The molecule has 5 rings (SSSR count). The number of allylic oxidation sites excluding steroid dienone is 4. The molecule has 2 heterocycles. The van der Waals surface area contributed by atoms with E-state index in [-0.39, 0.29) is 17.9 Å². The maximum atomic E-state index is 14.1. The van der Waals surface area contributed by atoms with Crippen LogP contribution in [0.25, 0.3) is 5.57 Å². The van der Waals surface area contributed by atoms with Crippen molar-refractivity contribution in [3.63, 3.8) is 0 Å². The van der Waals surface area contributed by atoms with Crippen LogP contribution >= 0.6 is 34.8 Å². The minimum atomic E-state index is -1.08. The first-order valence-corrected chi connectivity index (χ1v) is 14.6. The number of carbonyl (C=O) groups excluding carboxylic acids is 1. The number of anilines is 2. The number of fused-ring (bicyclic) bond motifs is 1. The molecule has 0 aromatic heterocycles. The molecular weight excluding hydrogens is 542 g/mol. The van der Waals surface area contributed by atoms with Gasteiger partial charge >= 0.3 is 0 Å². The highest BCUT2D eigenvalue weighted by molar-refractivity contribution is 6.40. The number of carbonyl (C=O) groups is 1. The number of benzene rings is 2. The predicted molar refractivity (Wildman–Crippen MR) is 158 cm³/mol. The third-order valence-corrected chi connectivity index (χ3v) is 8.98. The monoisotopic (exact) mass is 574 g/mol. The molecule has 0 spiro atoms. The molecule has 0 saturated carbocycles. The molecule has 1 atom stereocenters. The molecule has 1 fully saturated rings. The topological polar surface area (TPSA) is 23.6 Å². The molecule has 3 nitrogen and oxygen atoms in total. The van der Waals surface area contributed by atoms with Crippen LogP contribution in [-0.4, -0.2) is 35.6 Å². The molecule has 1 unspecified atom stereocenters. The normalized spacial score (nSPS) is 21.3. The summed E-state index contributed by atoms with van der Waals surface area (Å²) in [6.45, 7) is 8.95. The van der Waals surface area contributed by atoms with Gasteiger partial charge in [-0.15, -0.1) is 0 Å². The molecule has 0 N–H and O–H groups in total. The molecular formula is C31H34Cl3FN2O. The average Bonchev–Trinajstić information content (AvgIpc) is 2.84.